The van der Waals surface area contributed by atoms with Crippen LogP contribution in [0.15, 0.2) is 36.4 Å². The number of nitrogens with one attached hydrogen (secondary N) is 1. The third-order valence-corrected chi connectivity index (χ3v) is 7.17. The third-order valence-electron chi connectivity index (χ3n) is 6.13. The largest absolute Gasteiger partial charge is 0.486 e. The fraction of sp³-hybridized carbons (Fsp3) is 0.417. The number of nitrogens with zero attached hydrogens (tertiary/aromatic N) is 1. The Morgan fingerprint density at radius 2 is 1.90 bits per heavy atom. The summed E-state index contributed by atoms with van der Waals surface area (Å²) in [5, 5.41) is 4.33. The number of aromatic nitrogens is 1. The first-order chi connectivity index (χ1) is 14.7. The van der Waals surface area contributed by atoms with Crippen LogP contribution in [0.25, 0.3) is 10.2 Å². The van der Waals surface area contributed by atoms with Gasteiger partial charge in [0, 0.05) is 18.5 Å². The second-order valence-electron chi connectivity index (χ2n) is 8.21. The number of Topliss-reactive ketones (excluding diaryl/α,β-unsaturated/α-hetero) is 1. The van der Waals surface area contributed by atoms with Gasteiger partial charge in [-0.1, -0.05) is 18.2 Å². The van der Waals surface area contributed by atoms with Gasteiger partial charge in [0.2, 0.25) is 0 Å². The number of hydrogen-bond donors (Lipinski definition) is 1. The van der Waals surface area contributed by atoms with Gasteiger partial charge in [-0.05, 0) is 61.9 Å². The maximum atomic E-state index is 13.0. The minimum absolute atomic E-state index is 0.0956. The van der Waals surface area contributed by atoms with Gasteiger partial charge in [0.1, 0.15) is 13.2 Å². The molecular formula is C24H26N2O3S. The van der Waals surface area contributed by atoms with E-state index in [9.17, 15) is 4.79 Å². The van der Waals surface area contributed by atoms with Gasteiger partial charge in [0.25, 0.3) is 0 Å². The molecule has 2 heterocycles. The molecule has 5 rings (SSSR count). The number of thiazole rings is 1. The maximum absolute atomic E-state index is 13.0. The van der Waals surface area contributed by atoms with Crippen LogP contribution in [-0.4, -0.2) is 30.0 Å². The molecule has 1 fully saturated rings. The van der Waals surface area contributed by atoms with Crippen molar-refractivity contribution in [1.82, 2.24) is 10.3 Å². The Balaban J connectivity index is 1.16. The highest BCUT2D eigenvalue weighted by molar-refractivity contribution is 7.20. The second kappa shape index (κ2) is 8.36. The van der Waals surface area contributed by atoms with Crippen LogP contribution < -0.4 is 14.8 Å². The Bertz CT molecular complexity index is 1070. The molecule has 0 spiro atoms. The molecule has 5 nitrogen and oxygen atoms in total. The van der Waals surface area contributed by atoms with E-state index in [-0.39, 0.29) is 11.7 Å². The molecule has 0 unspecified atom stereocenters. The summed E-state index contributed by atoms with van der Waals surface area (Å²) in [5.74, 6) is 1.98. The second-order valence-corrected chi connectivity index (χ2v) is 9.24. The van der Waals surface area contributed by atoms with Gasteiger partial charge in [-0.25, -0.2) is 4.98 Å². The first-order valence-corrected chi connectivity index (χ1v) is 11.5. The lowest BCUT2D eigenvalue weighted by atomic mass is 9.83. The molecule has 1 saturated carbocycles. The smallest absolute Gasteiger partial charge is 0.194 e. The first-order valence-electron chi connectivity index (χ1n) is 10.7. The van der Waals surface area contributed by atoms with E-state index in [1.807, 2.05) is 12.1 Å². The van der Waals surface area contributed by atoms with Gasteiger partial charge >= 0.3 is 0 Å². The third kappa shape index (κ3) is 3.94. The molecule has 6 heteroatoms. The molecule has 0 saturated heterocycles. The summed E-state index contributed by atoms with van der Waals surface area (Å²) in [6.07, 6.45) is 3.88. The predicted octanol–water partition coefficient (Wildman–Crippen LogP) is 4.91. The number of fused-ring (bicyclic) bond motifs is 2. The van der Waals surface area contributed by atoms with Gasteiger partial charge in [0.15, 0.2) is 22.3 Å². The minimum Gasteiger partial charge on any atom is -0.486 e. The summed E-state index contributed by atoms with van der Waals surface area (Å²) in [6, 6.07) is 12.7. The molecule has 30 heavy (non-hydrogen) atoms. The van der Waals surface area contributed by atoms with E-state index >= 15 is 0 Å². The average Bonchev–Trinajstić information content (AvgIpc) is 3.23. The highest BCUT2D eigenvalue weighted by atomic mass is 32.1. The van der Waals surface area contributed by atoms with Crippen LogP contribution >= 0.6 is 11.3 Å². The molecule has 1 aliphatic carbocycles. The van der Waals surface area contributed by atoms with Crippen molar-refractivity contribution in [2.75, 3.05) is 13.2 Å². The molecular weight excluding hydrogens is 396 g/mol. The number of hydrogen-bond acceptors (Lipinski definition) is 6. The topological polar surface area (TPSA) is 60.5 Å². The van der Waals surface area contributed by atoms with Crippen LogP contribution in [0.5, 0.6) is 11.5 Å². The number of rotatable bonds is 5. The highest BCUT2D eigenvalue weighted by Gasteiger charge is 2.28. The van der Waals surface area contributed by atoms with E-state index in [0.717, 1.165) is 59.5 Å². The van der Waals surface area contributed by atoms with Crippen molar-refractivity contribution in [2.45, 2.75) is 45.2 Å². The normalized spacial score (nSPS) is 21.0. The molecule has 0 amide bonds. The molecule has 0 radical (unpaired) electrons. The van der Waals surface area contributed by atoms with E-state index in [0.29, 0.717) is 24.3 Å². The van der Waals surface area contributed by atoms with Crippen LogP contribution in [-0.2, 0) is 6.54 Å². The van der Waals surface area contributed by atoms with Crippen molar-refractivity contribution in [3.05, 3.63) is 52.5 Å². The fourth-order valence-corrected chi connectivity index (χ4v) is 5.45. The van der Waals surface area contributed by atoms with Crippen LogP contribution in [0.4, 0.5) is 0 Å². The molecule has 1 N–H and O–H groups in total. The molecule has 2 aliphatic rings. The zero-order chi connectivity index (χ0) is 20.5. The van der Waals surface area contributed by atoms with Gasteiger partial charge in [-0.2, -0.15) is 0 Å². The predicted molar refractivity (Wildman–Crippen MR) is 119 cm³/mol. The minimum atomic E-state index is 0.0956. The van der Waals surface area contributed by atoms with E-state index in [1.54, 1.807) is 0 Å². The standard InChI is InChI=1S/C24H26N2O3S/c1-15-3-2-4-21-22(15)26-24(30-21)23(27)17-6-8-18(9-7-17)25-14-16-5-10-19-20(13-16)29-12-11-28-19/h2-5,10,13,17-18,25H,6-9,11-12,14H2,1H3/t17-,18-. The van der Waals surface area contributed by atoms with Crippen molar-refractivity contribution in [1.29, 1.82) is 0 Å². The van der Waals surface area contributed by atoms with Crippen LogP contribution in [0.3, 0.4) is 0 Å². The van der Waals surface area contributed by atoms with Crippen LogP contribution in [0.1, 0.15) is 46.6 Å². The number of para-hydroxylation sites is 1. The zero-order valence-corrected chi connectivity index (χ0v) is 18.0. The summed E-state index contributed by atoms with van der Waals surface area (Å²) in [7, 11) is 0. The van der Waals surface area contributed by atoms with Crippen molar-refractivity contribution in [3.8, 4) is 11.5 Å². The quantitative estimate of drug-likeness (QED) is 0.592. The molecule has 3 aromatic rings. The lowest BCUT2D eigenvalue weighted by Gasteiger charge is -2.28. The van der Waals surface area contributed by atoms with Gasteiger partial charge in [-0.15, -0.1) is 11.3 Å². The summed E-state index contributed by atoms with van der Waals surface area (Å²) >= 11 is 1.53. The van der Waals surface area contributed by atoms with E-state index in [4.69, 9.17) is 9.47 Å². The van der Waals surface area contributed by atoms with Gasteiger partial charge in [0.05, 0.1) is 10.2 Å². The summed E-state index contributed by atoms with van der Waals surface area (Å²) < 4.78 is 12.4. The van der Waals surface area contributed by atoms with Crippen molar-refractivity contribution >= 4 is 27.3 Å². The molecule has 2 aromatic carbocycles. The summed E-state index contributed by atoms with van der Waals surface area (Å²) in [4.78, 5) is 17.7. The number of ketones is 1. The lowest BCUT2D eigenvalue weighted by molar-refractivity contribution is 0.0879. The molecule has 0 atom stereocenters. The SMILES string of the molecule is Cc1cccc2sc(C(=O)[C@H]3CC[C@H](NCc4ccc5c(c4)OCCO5)CC3)nc12. The number of benzene rings is 2. The van der Waals surface area contributed by atoms with Crippen molar-refractivity contribution in [2.24, 2.45) is 5.92 Å². The Labute approximate surface area is 180 Å². The highest BCUT2D eigenvalue weighted by Crippen LogP contribution is 2.33. The lowest BCUT2D eigenvalue weighted by Crippen LogP contribution is -2.34. The zero-order valence-electron chi connectivity index (χ0n) is 17.1. The fourth-order valence-electron chi connectivity index (χ4n) is 4.39. The van der Waals surface area contributed by atoms with Crippen LogP contribution in [0, 0.1) is 12.8 Å². The van der Waals surface area contributed by atoms with Gasteiger partial charge in [-0.3, -0.25) is 4.79 Å². The first kappa shape index (κ1) is 19.5. The van der Waals surface area contributed by atoms with E-state index in [1.165, 1.54) is 16.9 Å². The summed E-state index contributed by atoms with van der Waals surface area (Å²) in [6.45, 7) is 4.07. The van der Waals surface area contributed by atoms with E-state index in [2.05, 4.69) is 41.5 Å². The number of carbonyl (C=O) groups excluding carboxylic acids is 1. The van der Waals surface area contributed by atoms with E-state index < -0.39 is 0 Å². The molecule has 0 bridgehead atoms. The van der Waals surface area contributed by atoms with Crippen molar-refractivity contribution < 1.29 is 14.3 Å². The maximum Gasteiger partial charge on any atom is 0.194 e. The van der Waals surface area contributed by atoms with Gasteiger partial charge < -0.3 is 14.8 Å². The molecule has 1 aromatic heterocycles. The number of aryl methyl sites for hydroxylation is 1. The Morgan fingerprint density at radius 3 is 2.70 bits per heavy atom. The molecule has 156 valence electrons. The Morgan fingerprint density at radius 1 is 1.10 bits per heavy atom. The molecule has 1 aliphatic heterocycles. The average molecular weight is 423 g/mol. The Kier molecular flexibility index (Phi) is 5.44. The Hall–Kier alpha value is -2.44. The number of carbonyl (C=O) groups is 1. The monoisotopic (exact) mass is 422 g/mol. The van der Waals surface area contributed by atoms with Crippen LogP contribution in [0.2, 0.25) is 0 Å². The number of ether oxygens (including phenoxy) is 2. The van der Waals surface area contributed by atoms with Crippen molar-refractivity contribution in [3.63, 3.8) is 0 Å². The summed E-state index contributed by atoms with van der Waals surface area (Å²) in [5.41, 5.74) is 3.30.